The summed E-state index contributed by atoms with van der Waals surface area (Å²) in [5, 5.41) is 5.83. The zero-order valence-corrected chi connectivity index (χ0v) is 11.7. The Morgan fingerprint density at radius 1 is 1.35 bits per heavy atom. The van der Waals surface area contributed by atoms with Crippen molar-refractivity contribution in [2.75, 3.05) is 26.2 Å². The van der Waals surface area contributed by atoms with Gasteiger partial charge in [-0.25, -0.2) is 0 Å². The number of pyridine rings is 1. The van der Waals surface area contributed by atoms with E-state index in [1.165, 1.54) is 0 Å². The molecule has 1 aliphatic rings. The molecule has 1 aromatic heterocycles. The highest BCUT2D eigenvalue weighted by Crippen LogP contribution is 1.99. The van der Waals surface area contributed by atoms with Crippen molar-refractivity contribution in [2.24, 2.45) is 0 Å². The molecule has 0 aliphatic carbocycles. The average Bonchev–Trinajstić information content (AvgIpc) is 2.73. The van der Waals surface area contributed by atoms with E-state index in [4.69, 9.17) is 0 Å². The smallest absolute Gasteiger partial charge is 0.311 e. The van der Waals surface area contributed by atoms with Gasteiger partial charge in [-0.15, -0.1) is 0 Å². The van der Waals surface area contributed by atoms with E-state index in [1.54, 1.807) is 4.90 Å². The van der Waals surface area contributed by atoms with Crippen LogP contribution in [0.4, 0.5) is 0 Å². The summed E-state index contributed by atoms with van der Waals surface area (Å²) < 4.78 is 0. The van der Waals surface area contributed by atoms with E-state index in [2.05, 4.69) is 15.6 Å². The van der Waals surface area contributed by atoms with Gasteiger partial charge in [-0.3, -0.25) is 14.6 Å². The quantitative estimate of drug-likeness (QED) is 0.735. The fraction of sp³-hybridized carbons (Fsp3) is 0.500. The molecule has 0 bridgehead atoms. The predicted molar refractivity (Wildman–Crippen MR) is 74.9 cm³/mol. The van der Waals surface area contributed by atoms with E-state index in [9.17, 15) is 9.59 Å². The first-order chi connectivity index (χ1) is 9.66. The van der Waals surface area contributed by atoms with Gasteiger partial charge in [0.25, 0.3) is 0 Å². The van der Waals surface area contributed by atoms with Crippen molar-refractivity contribution >= 4 is 11.8 Å². The summed E-state index contributed by atoms with van der Waals surface area (Å²) >= 11 is 0. The van der Waals surface area contributed by atoms with Crippen molar-refractivity contribution in [1.82, 2.24) is 20.5 Å². The van der Waals surface area contributed by atoms with Gasteiger partial charge < -0.3 is 15.5 Å². The molecule has 108 valence electrons. The van der Waals surface area contributed by atoms with Crippen LogP contribution >= 0.6 is 0 Å². The van der Waals surface area contributed by atoms with Gasteiger partial charge in [0.15, 0.2) is 0 Å². The summed E-state index contributed by atoms with van der Waals surface area (Å²) in [6.45, 7) is 4.99. The largest absolute Gasteiger partial charge is 0.342 e. The SMILES string of the molecule is Cc1cccc(CNC(=O)C(=O)N2CCCNCC2)n1. The van der Waals surface area contributed by atoms with Crippen molar-refractivity contribution in [3.63, 3.8) is 0 Å². The normalized spacial score (nSPS) is 15.6. The maximum atomic E-state index is 12.0. The molecular weight excluding hydrogens is 256 g/mol. The molecule has 6 heteroatoms. The van der Waals surface area contributed by atoms with Crippen molar-refractivity contribution < 1.29 is 9.59 Å². The fourth-order valence-electron chi connectivity index (χ4n) is 2.14. The molecule has 2 heterocycles. The Hall–Kier alpha value is -1.95. The predicted octanol–water partition coefficient (Wildman–Crippen LogP) is -0.172. The standard InChI is InChI=1S/C14H20N4O2/c1-11-4-2-5-12(17-11)10-16-13(19)14(20)18-8-3-6-15-7-9-18/h2,4-5,15H,3,6-10H2,1H3,(H,16,19). The lowest BCUT2D eigenvalue weighted by Crippen LogP contribution is -2.44. The Kier molecular flexibility index (Phi) is 5.06. The molecule has 0 aromatic carbocycles. The van der Waals surface area contributed by atoms with E-state index < -0.39 is 11.8 Å². The van der Waals surface area contributed by atoms with Crippen molar-refractivity contribution in [3.05, 3.63) is 29.6 Å². The van der Waals surface area contributed by atoms with E-state index in [0.29, 0.717) is 13.1 Å². The van der Waals surface area contributed by atoms with Crippen molar-refractivity contribution in [2.45, 2.75) is 19.9 Å². The first-order valence-corrected chi connectivity index (χ1v) is 6.87. The minimum absolute atomic E-state index is 0.276. The number of amides is 2. The van der Waals surface area contributed by atoms with Crippen LogP contribution in [-0.2, 0) is 16.1 Å². The van der Waals surface area contributed by atoms with Gasteiger partial charge in [0.1, 0.15) is 0 Å². The summed E-state index contributed by atoms with van der Waals surface area (Å²) in [6.07, 6.45) is 0.873. The second kappa shape index (κ2) is 7.00. The Balaban J connectivity index is 1.86. The summed E-state index contributed by atoms with van der Waals surface area (Å²) in [5.74, 6) is -1.02. The fourth-order valence-corrected chi connectivity index (χ4v) is 2.14. The van der Waals surface area contributed by atoms with Gasteiger partial charge in [0.05, 0.1) is 12.2 Å². The van der Waals surface area contributed by atoms with Gasteiger partial charge >= 0.3 is 11.8 Å². The van der Waals surface area contributed by atoms with Crippen LogP contribution in [0.3, 0.4) is 0 Å². The zero-order valence-electron chi connectivity index (χ0n) is 11.7. The molecular formula is C14H20N4O2. The van der Waals surface area contributed by atoms with Gasteiger partial charge in [0.2, 0.25) is 0 Å². The lowest BCUT2D eigenvalue weighted by Gasteiger charge is -2.19. The number of carbonyl (C=O) groups is 2. The van der Waals surface area contributed by atoms with Crippen LogP contribution in [0.1, 0.15) is 17.8 Å². The summed E-state index contributed by atoms with van der Waals surface area (Å²) in [4.78, 5) is 29.7. The zero-order chi connectivity index (χ0) is 14.4. The van der Waals surface area contributed by atoms with E-state index >= 15 is 0 Å². The van der Waals surface area contributed by atoms with Gasteiger partial charge in [-0.1, -0.05) is 6.07 Å². The lowest BCUT2D eigenvalue weighted by molar-refractivity contribution is -0.145. The molecule has 0 atom stereocenters. The molecule has 20 heavy (non-hydrogen) atoms. The highest BCUT2D eigenvalue weighted by Gasteiger charge is 2.22. The summed E-state index contributed by atoms with van der Waals surface area (Å²) in [6, 6.07) is 5.60. The molecule has 0 spiro atoms. The third-order valence-electron chi connectivity index (χ3n) is 3.20. The van der Waals surface area contributed by atoms with Gasteiger partial charge in [-0.05, 0) is 32.0 Å². The first kappa shape index (κ1) is 14.5. The number of hydrogen-bond donors (Lipinski definition) is 2. The summed E-state index contributed by atoms with van der Waals surface area (Å²) in [7, 11) is 0. The van der Waals surface area contributed by atoms with Crippen LogP contribution in [0.5, 0.6) is 0 Å². The second-order valence-corrected chi connectivity index (χ2v) is 4.85. The average molecular weight is 276 g/mol. The molecule has 2 N–H and O–H groups in total. The molecule has 0 unspecified atom stereocenters. The van der Waals surface area contributed by atoms with Crippen LogP contribution in [-0.4, -0.2) is 47.9 Å². The molecule has 6 nitrogen and oxygen atoms in total. The number of carbonyl (C=O) groups excluding carboxylic acids is 2. The van der Waals surface area contributed by atoms with E-state index in [0.717, 1.165) is 30.9 Å². The Morgan fingerprint density at radius 2 is 2.20 bits per heavy atom. The molecule has 2 amide bonds. The topological polar surface area (TPSA) is 74.3 Å². The third-order valence-corrected chi connectivity index (χ3v) is 3.20. The lowest BCUT2D eigenvalue weighted by atomic mass is 10.3. The maximum Gasteiger partial charge on any atom is 0.311 e. The molecule has 1 aliphatic heterocycles. The van der Waals surface area contributed by atoms with Crippen LogP contribution in [0, 0.1) is 6.92 Å². The van der Waals surface area contributed by atoms with Crippen molar-refractivity contribution in [3.8, 4) is 0 Å². The van der Waals surface area contributed by atoms with Crippen LogP contribution < -0.4 is 10.6 Å². The van der Waals surface area contributed by atoms with Crippen LogP contribution in [0.15, 0.2) is 18.2 Å². The number of aromatic nitrogens is 1. The number of nitrogens with zero attached hydrogens (tertiary/aromatic N) is 2. The number of rotatable bonds is 2. The Morgan fingerprint density at radius 3 is 3.00 bits per heavy atom. The first-order valence-electron chi connectivity index (χ1n) is 6.87. The Labute approximate surface area is 118 Å². The third kappa shape index (κ3) is 4.03. The molecule has 0 saturated carbocycles. The second-order valence-electron chi connectivity index (χ2n) is 4.85. The number of hydrogen-bond acceptors (Lipinski definition) is 4. The van der Waals surface area contributed by atoms with E-state index in [-0.39, 0.29) is 6.54 Å². The Bertz CT molecular complexity index is 482. The van der Waals surface area contributed by atoms with E-state index in [1.807, 2.05) is 25.1 Å². The monoisotopic (exact) mass is 276 g/mol. The minimum atomic E-state index is -0.560. The molecule has 1 aromatic rings. The highest BCUT2D eigenvalue weighted by molar-refractivity contribution is 6.34. The van der Waals surface area contributed by atoms with Crippen LogP contribution in [0.2, 0.25) is 0 Å². The van der Waals surface area contributed by atoms with Crippen LogP contribution in [0.25, 0.3) is 0 Å². The molecule has 1 saturated heterocycles. The number of aryl methyl sites for hydroxylation is 1. The summed E-state index contributed by atoms with van der Waals surface area (Å²) in [5.41, 5.74) is 1.64. The van der Waals surface area contributed by atoms with Crippen molar-refractivity contribution in [1.29, 1.82) is 0 Å². The van der Waals surface area contributed by atoms with Gasteiger partial charge in [0, 0.05) is 25.3 Å². The maximum absolute atomic E-state index is 12.0. The molecule has 0 radical (unpaired) electrons. The highest BCUT2D eigenvalue weighted by atomic mass is 16.2. The molecule has 2 rings (SSSR count). The number of nitrogens with one attached hydrogen (secondary N) is 2. The molecule has 1 fully saturated rings. The van der Waals surface area contributed by atoms with Gasteiger partial charge in [-0.2, -0.15) is 0 Å². The minimum Gasteiger partial charge on any atom is -0.342 e.